The molecule has 0 saturated heterocycles. The molecule has 0 bridgehead atoms. The second kappa shape index (κ2) is 11.4. The van der Waals surface area contributed by atoms with Crippen molar-refractivity contribution in [2.45, 2.75) is 63.8 Å². The summed E-state index contributed by atoms with van der Waals surface area (Å²) in [6, 6.07) is 10.5. The van der Waals surface area contributed by atoms with E-state index >= 15 is 0 Å². The Morgan fingerprint density at radius 2 is 2.00 bits per heavy atom. The summed E-state index contributed by atoms with van der Waals surface area (Å²) in [5, 5.41) is 13.4. The summed E-state index contributed by atoms with van der Waals surface area (Å²) in [5.74, 6) is -0.349. The maximum absolute atomic E-state index is 10.7. The largest absolute Gasteiger partial charge is 0.481 e. The van der Waals surface area contributed by atoms with Gasteiger partial charge in [-0.2, -0.15) is 0 Å². The molecule has 1 heterocycles. The van der Waals surface area contributed by atoms with E-state index in [2.05, 4.69) is 39.0 Å². The molecule has 0 amide bonds. The summed E-state index contributed by atoms with van der Waals surface area (Å²) >= 11 is 0. The molecular formula is C23H31N3O3. The van der Waals surface area contributed by atoms with Crippen LogP contribution in [0.1, 0.15) is 63.0 Å². The molecule has 1 aliphatic carbocycles. The molecule has 1 atom stereocenters. The molecular weight excluding hydrogens is 366 g/mol. The van der Waals surface area contributed by atoms with Crippen LogP contribution >= 0.6 is 0 Å². The molecule has 1 fully saturated rings. The number of hydrogen-bond donors (Lipinski definition) is 1. The normalized spacial score (nSPS) is 16.5. The first kappa shape index (κ1) is 21.1. The van der Waals surface area contributed by atoms with Crippen LogP contribution in [0, 0.1) is 5.92 Å². The molecule has 1 saturated carbocycles. The smallest absolute Gasteiger partial charge is 0.303 e. The van der Waals surface area contributed by atoms with E-state index in [0.717, 1.165) is 25.0 Å². The highest BCUT2D eigenvalue weighted by Gasteiger charge is 2.28. The maximum atomic E-state index is 10.7. The van der Waals surface area contributed by atoms with Crippen LogP contribution in [0.5, 0.6) is 0 Å². The Hall–Kier alpha value is -2.63. The molecule has 0 unspecified atom stereocenters. The van der Waals surface area contributed by atoms with Gasteiger partial charge >= 0.3 is 5.97 Å². The monoisotopic (exact) mass is 397 g/mol. The molecule has 1 aromatic heterocycles. The molecule has 29 heavy (non-hydrogen) atoms. The molecule has 1 N–H and O–H groups in total. The lowest BCUT2D eigenvalue weighted by atomic mass is 9.82. The molecule has 6 heteroatoms. The average molecular weight is 398 g/mol. The van der Waals surface area contributed by atoms with Crippen LogP contribution < -0.4 is 0 Å². The van der Waals surface area contributed by atoms with Gasteiger partial charge in [-0.3, -0.25) is 4.79 Å². The number of benzene rings is 1. The van der Waals surface area contributed by atoms with Crippen LogP contribution in [0.4, 0.5) is 0 Å². The second-order valence-electron chi connectivity index (χ2n) is 7.75. The fourth-order valence-corrected chi connectivity index (χ4v) is 4.02. The molecule has 0 aliphatic heterocycles. The lowest BCUT2D eigenvalue weighted by Gasteiger charge is -2.29. The van der Waals surface area contributed by atoms with Gasteiger partial charge in [-0.25, -0.2) is 4.98 Å². The van der Waals surface area contributed by atoms with E-state index in [1.165, 1.54) is 24.8 Å². The van der Waals surface area contributed by atoms with Crippen LogP contribution in [0.3, 0.4) is 0 Å². The van der Waals surface area contributed by atoms with Gasteiger partial charge in [-0.05, 0) is 37.7 Å². The van der Waals surface area contributed by atoms with Crippen molar-refractivity contribution in [3.8, 4) is 0 Å². The van der Waals surface area contributed by atoms with Crippen LogP contribution in [0.25, 0.3) is 0 Å². The van der Waals surface area contributed by atoms with Gasteiger partial charge in [0, 0.05) is 24.7 Å². The van der Waals surface area contributed by atoms with Crippen molar-refractivity contribution in [1.82, 2.24) is 9.55 Å². The Bertz CT molecular complexity index is 753. The third kappa shape index (κ3) is 6.73. The highest BCUT2D eigenvalue weighted by molar-refractivity contribution is 5.90. The molecule has 6 nitrogen and oxygen atoms in total. The van der Waals surface area contributed by atoms with Gasteiger partial charge in [0.05, 0.1) is 18.1 Å². The van der Waals surface area contributed by atoms with Gasteiger partial charge in [0.1, 0.15) is 6.61 Å². The Morgan fingerprint density at radius 1 is 1.21 bits per heavy atom. The molecule has 156 valence electrons. The summed E-state index contributed by atoms with van der Waals surface area (Å²) in [7, 11) is 0. The second-order valence-corrected chi connectivity index (χ2v) is 7.75. The van der Waals surface area contributed by atoms with Crippen LogP contribution in [-0.4, -0.2) is 32.9 Å². The zero-order valence-electron chi connectivity index (χ0n) is 16.9. The van der Waals surface area contributed by atoms with E-state index in [4.69, 9.17) is 9.94 Å². The van der Waals surface area contributed by atoms with Gasteiger partial charge in [-0.15, -0.1) is 0 Å². The molecule has 0 radical (unpaired) electrons. The molecule has 1 aromatic carbocycles. The summed E-state index contributed by atoms with van der Waals surface area (Å²) in [6.45, 7) is 0.450. The third-order valence-electron chi connectivity index (χ3n) is 5.57. The van der Waals surface area contributed by atoms with Gasteiger partial charge in [0.15, 0.2) is 0 Å². The van der Waals surface area contributed by atoms with E-state index in [9.17, 15) is 4.79 Å². The first-order valence-corrected chi connectivity index (χ1v) is 10.7. The highest BCUT2D eigenvalue weighted by atomic mass is 16.6. The van der Waals surface area contributed by atoms with Crippen molar-refractivity contribution in [3.05, 3.63) is 54.6 Å². The van der Waals surface area contributed by atoms with E-state index in [-0.39, 0.29) is 12.5 Å². The standard InChI is InChI=1S/C23H31N3O3/c27-22(28)13-7-8-16-29-25-23(20-11-5-2-6-12-20)21(26-15-14-24-18-26)17-19-9-3-1-4-10-19/h1,3-4,9-10,14-15,18,20-21H,2,5-8,11-13,16-17H2,(H,27,28)/b25-23+/t21-/m0/s1. The number of nitrogens with zero attached hydrogens (tertiary/aromatic N) is 3. The summed E-state index contributed by atoms with van der Waals surface area (Å²) < 4.78 is 2.13. The summed E-state index contributed by atoms with van der Waals surface area (Å²) in [6.07, 6.45) is 14.0. The predicted octanol–water partition coefficient (Wildman–Crippen LogP) is 4.87. The number of aromatic nitrogens is 2. The fourth-order valence-electron chi connectivity index (χ4n) is 4.02. The highest BCUT2D eigenvalue weighted by Crippen LogP contribution is 2.31. The van der Waals surface area contributed by atoms with E-state index in [1.54, 1.807) is 0 Å². The average Bonchev–Trinajstić information content (AvgIpc) is 3.28. The number of oxime groups is 1. The predicted molar refractivity (Wildman–Crippen MR) is 113 cm³/mol. The first-order chi connectivity index (χ1) is 14.2. The number of carboxylic acids is 1. The van der Waals surface area contributed by atoms with E-state index in [1.807, 2.05) is 24.8 Å². The number of rotatable bonds is 11. The molecule has 2 aromatic rings. The molecule has 0 spiro atoms. The van der Waals surface area contributed by atoms with Crippen molar-refractivity contribution in [2.24, 2.45) is 11.1 Å². The van der Waals surface area contributed by atoms with Crippen LogP contribution in [-0.2, 0) is 16.1 Å². The van der Waals surface area contributed by atoms with E-state index < -0.39 is 5.97 Å². The Morgan fingerprint density at radius 3 is 2.69 bits per heavy atom. The minimum atomic E-state index is -0.764. The number of hydrogen-bond acceptors (Lipinski definition) is 4. The molecule has 3 rings (SSSR count). The number of carboxylic acid groups (broad SMARTS) is 1. The maximum Gasteiger partial charge on any atom is 0.303 e. The quantitative estimate of drug-likeness (QED) is 0.333. The number of aliphatic carboxylic acids is 1. The van der Waals surface area contributed by atoms with Crippen molar-refractivity contribution < 1.29 is 14.7 Å². The third-order valence-corrected chi connectivity index (χ3v) is 5.57. The topological polar surface area (TPSA) is 76.7 Å². The number of imidazole rings is 1. The van der Waals surface area contributed by atoms with E-state index in [0.29, 0.717) is 25.4 Å². The molecule has 1 aliphatic rings. The summed E-state index contributed by atoms with van der Waals surface area (Å²) in [4.78, 5) is 20.6. The Kier molecular flexibility index (Phi) is 8.28. The minimum Gasteiger partial charge on any atom is -0.481 e. The number of unbranched alkanes of at least 4 members (excludes halogenated alkanes) is 1. The fraction of sp³-hybridized carbons (Fsp3) is 0.522. The number of carbonyl (C=O) groups is 1. The van der Waals surface area contributed by atoms with Gasteiger partial charge < -0.3 is 14.5 Å². The SMILES string of the molecule is O=C(O)CCCCO/N=C(\C1CCCCC1)[C@H](Cc1ccccc1)n1ccnc1. The Labute approximate surface area is 172 Å². The van der Waals surface area contributed by atoms with Crippen molar-refractivity contribution >= 4 is 11.7 Å². The van der Waals surface area contributed by atoms with Crippen LogP contribution in [0.15, 0.2) is 54.2 Å². The first-order valence-electron chi connectivity index (χ1n) is 10.7. The van der Waals surface area contributed by atoms with Crippen molar-refractivity contribution in [3.63, 3.8) is 0 Å². The summed E-state index contributed by atoms with van der Waals surface area (Å²) in [5.41, 5.74) is 2.35. The van der Waals surface area contributed by atoms with Crippen molar-refractivity contribution in [1.29, 1.82) is 0 Å². The van der Waals surface area contributed by atoms with Gasteiger partial charge in [-0.1, -0.05) is 54.8 Å². The van der Waals surface area contributed by atoms with Crippen LogP contribution in [0.2, 0.25) is 0 Å². The van der Waals surface area contributed by atoms with Gasteiger partial charge in [0.2, 0.25) is 0 Å². The lowest BCUT2D eigenvalue weighted by Crippen LogP contribution is -2.29. The minimum absolute atomic E-state index is 0.0713. The Balaban J connectivity index is 1.76. The van der Waals surface area contributed by atoms with Gasteiger partial charge in [0.25, 0.3) is 0 Å². The zero-order valence-corrected chi connectivity index (χ0v) is 16.9. The van der Waals surface area contributed by atoms with Crippen molar-refractivity contribution in [2.75, 3.05) is 6.61 Å². The lowest BCUT2D eigenvalue weighted by molar-refractivity contribution is -0.137. The zero-order chi connectivity index (χ0) is 20.3.